The Morgan fingerprint density at radius 2 is 1.86 bits per heavy atom. The van der Waals surface area contributed by atoms with Crippen molar-refractivity contribution in [3.63, 3.8) is 0 Å². The van der Waals surface area contributed by atoms with Crippen molar-refractivity contribution in [2.75, 3.05) is 7.05 Å². The van der Waals surface area contributed by atoms with E-state index in [0.29, 0.717) is 34.8 Å². The third-order valence-corrected chi connectivity index (χ3v) is 4.76. The first-order valence-corrected chi connectivity index (χ1v) is 8.96. The van der Waals surface area contributed by atoms with E-state index >= 15 is 0 Å². The van der Waals surface area contributed by atoms with E-state index in [2.05, 4.69) is 20.4 Å². The lowest BCUT2D eigenvalue weighted by Crippen LogP contribution is -2.29. The monoisotopic (exact) mass is 377 g/mol. The van der Waals surface area contributed by atoms with Gasteiger partial charge >= 0.3 is 0 Å². The number of nitrogens with one attached hydrogen (secondary N) is 1. The number of carbonyl (C=O) groups is 2. The van der Waals surface area contributed by atoms with E-state index in [9.17, 15) is 9.59 Å². The molecule has 4 rings (SSSR count). The van der Waals surface area contributed by atoms with Gasteiger partial charge in [0.15, 0.2) is 5.82 Å². The Bertz CT molecular complexity index is 1030. The Labute approximate surface area is 161 Å². The van der Waals surface area contributed by atoms with Crippen LogP contribution in [0.15, 0.2) is 47.2 Å². The van der Waals surface area contributed by atoms with Crippen molar-refractivity contribution in [3.8, 4) is 11.5 Å². The molecule has 0 fully saturated rings. The van der Waals surface area contributed by atoms with Gasteiger partial charge in [-0.3, -0.25) is 19.5 Å². The molecule has 142 valence electrons. The molecule has 0 bridgehead atoms. The highest BCUT2D eigenvalue weighted by atomic mass is 16.5. The van der Waals surface area contributed by atoms with Crippen molar-refractivity contribution in [2.24, 2.45) is 0 Å². The molecule has 1 aromatic carbocycles. The lowest BCUT2D eigenvalue weighted by Gasteiger charge is -2.13. The second kappa shape index (κ2) is 7.32. The van der Waals surface area contributed by atoms with Gasteiger partial charge in [-0.2, -0.15) is 4.98 Å². The van der Waals surface area contributed by atoms with Gasteiger partial charge in [-0.05, 0) is 49.9 Å². The summed E-state index contributed by atoms with van der Waals surface area (Å²) >= 11 is 0. The fourth-order valence-corrected chi connectivity index (χ4v) is 3.07. The van der Waals surface area contributed by atoms with E-state index in [-0.39, 0.29) is 24.4 Å². The van der Waals surface area contributed by atoms with Crippen LogP contribution in [0.2, 0.25) is 0 Å². The first-order valence-electron chi connectivity index (χ1n) is 8.96. The van der Waals surface area contributed by atoms with Crippen LogP contribution < -0.4 is 5.32 Å². The lowest BCUT2D eigenvalue weighted by atomic mass is 10.1. The molecule has 2 aromatic heterocycles. The number of rotatable bonds is 6. The largest absolute Gasteiger partial charge is 0.334 e. The number of imide groups is 1. The van der Waals surface area contributed by atoms with Gasteiger partial charge < -0.3 is 9.84 Å². The predicted octanol–water partition coefficient (Wildman–Crippen LogP) is 2.08. The van der Waals surface area contributed by atoms with Crippen LogP contribution in [0.4, 0.5) is 0 Å². The summed E-state index contributed by atoms with van der Waals surface area (Å²) in [6, 6.07) is 8.77. The first-order chi connectivity index (χ1) is 13.6. The van der Waals surface area contributed by atoms with Crippen LogP contribution in [0.25, 0.3) is 11.5 Å². The maximum absolute atomic E-state index is 12.8. The molecule has 2 amide bonds. The summed E-state index contributed by atoms with van der Waals surface area (Å²) in [5.41, 5.74) is 2.18. The summed E-state index contributed by atoms with van der Waals surface area (Å²) in [6.45, 7) is 2.23. The molecule has 1 aliphatic heterocycles. The number of aromatic nitrogens is 3. The van der Waals surface area contributed by atoms with Gasteiger partial charge in [0.2, 0.25) is 0 Å². The maximum atomic E-state index is 12.8. The van der Waals surface area contributed by atoms with E-state index in [0.717, 1.165) is 5.56 Å². The molecule has 0 saturated heterocycles. The van der Waals surface area contributed by atoms with Crippen LogP contribution in [-0.4, -0.2) is 44.9 Å². The van der Waals surface area contributed by atoms with Crippen LogP contribution >= 0.6 is 0 Å². The molecule has 1 atom stereocenters. The van der Waals surface area contributed by atoms with Crippen LogP contribution in [0, 0.1) is 0 Å². The average Bonchev–Trinajstić information content (AvgIpc) is 3.27. The molecule has 3 heterocycles. The lowest BCUT2D eigenvalue weighted by molar-refractivity contribution is 0.0642. The minimum atomic E-state index is -0.331. The molecule has 1 aliphatic rings. The predicted molar refractivity (Wildman–Crippen MR) is 100 cm³/mol. The zero-order valence-corrected chi connectivity index (χ0v) is 15.5. The number of benzene rings is 1. The first kappa shape index (κ1) is 18.0. The van der Waals surface area contributed by atoms with Crippen LogP contribution in [-0.2, 0) is 13.0 Å². The number of fused-ring (bicyclic) bond motifs is 1. The second-order valence-electron chi connectivity index (χ2n) is 6.72. The van der Waals surface area contributed by atoms with Gasteiger partial charge in [-0.15, -0.1) is 0 Å². The zero-order valence-electron chi connectivity index (χ0n) is 15.5. The number of hydrogen-bond donors (Lipinski definition) is 1. The zero-order chi connectivity index (χ0) is 19.7. The Morgan fingerprint density at radius 1 is 1.11 bits per heavy atom. The van der Waals surface area contributed by atoms with Crippen molar-refractivity contribution >= 4 is 11.8 Å². The van der Waals surface area contributed by atoms with E-state index in [1.54, 1.807) is 42.7 Å². The molecule has 0 spiro atoms. The SMILES string of the molecule is CNC(C)Cc1noc(-c2ccc3c(c2)C(=O)N(Cc2ccncc2)C3=O)n1. The normalized spacial score (nSPS) is 14.4. The molecular formula is C20H19N5O3. The van der Waals surface area contributed by atoms with Gasteiger partial charge in [-0.1, -0.05) is 5.16 Å². The number of nitrogens with zero attached hydrogens (tertiary/aromatic N) is 4. The van der Waals surface area contributed by atoms with Crippen molar-refractivity contribution < 1.29 is 14.1 Å². The van der Waals surface area contributed by atoms with Gasteiger partial charge in [0.05, 0.1) is 17.7 Å². The molecule has 3 aromatic rings. The van der Waals surface area contributed by atoms with Crippen molar-refractivity contribution in [3.05, 3.63) is 65.2 Å². The van der Waals surface area contributed by atoms with Crippen molar-refractivity contribution in [1.82, 2.24) is 25.3 Å². The van der Waals surface area contributed by atoms with E-state index in [1.807, 2.05) is 14.0 Å². The summed E-state index contributed by atoms with van der Waals surface area (Å²) < 4.78 is 5.33. The number of carbonyl (C=O) groups excluding carboxylic acids is 2. The molecule has 8 nitrogen and oxygen atoms in total. The summed E-state index contributed by atoms with van der Waals surface area (Å²) in [5, 5.41) is 7.10. The highest BCUT2D eigenvalue weighted by molar-refractivity contribution is 6.21. The standard InChI is InChI=1S/C20H19N5O3/c1-12(21-2)9-17-23-18(28-24-17)14-3-4-15-16(10-14)20(27)25(19(15)26)11-13-5-7-22-8-6-13/h3-8,10,12,21H,9,11H2,1-2H3. The minimum Gasteiger partial charge on any atom is -0.334 e. The average molecular weight is 377 g/mol. The minimum absolute atomic E-state index is 0.205. The van der Waals surface area contributed by atoms with Crippen LogP contribution in [0.5, 0.6) is 0 Å². The fourth-order valence-electron chi connectivity index (χ4n) is 3.07. The highest BCUT2D eigenvalue weighted by Crippen LogP contribution is 2.29. The number of likely N-dealkylation sites (N-methyl/N-ethyl adjacent to an activating group) is 1. The van der Waals surface area contributed by atoms with Gasteiger partial charge in [0, 0.05) is 30.4 Å². The molecule has 0 radical (unpaired) electrons. The molecule has 1 N–H and O–H groups in total. The molecule has 0 aliphatic carbocycles. The molecule has 28 heavy (non-hydrogen) atoms. The quantitative estimate of drug-likeness (QED) is 0.656. The third-order valence-electron chi connectivity index (χ3n) is 4.76. The Morgan fingerprint density at radius 3 is 2.61 bits per heavy atom. The topological polar surface area (TPSA) is 101 Å². The second-order valence-corrected chi connectivity index (χ2v) is 6.72. The number of hydrogen-bond acceptors (Lipinski definition) is 7. The molecule has 1 unspecified atom stereocenters. The van der Waals surface area contributed by atoms with Crippen LogP contribution in [0.1, 0.15) is 39.0 Å². The van der Waals surface area contributed by atoms with Gasteiger partial charge in [-0.25, -0.2) is 0 Å². The van der Waals surface area contributed by atoms with Gasteiger partial charge in [0.25, 0.3) is 17.7 Å². The number of amides is 2. The summed E-state index contributed by atoms with van der Waals surface area (Å²) in [6.07, 6.45) is 3.89. The van der Waals surface area contributed by atoms with Crippen molar-refractivity contribution in [2.45, 2.75) is 25.9 Å². The highest BCUT2D eigenvalue weighted by Gasteiger charge is 2.36. The number of pyridine rings is 1. The Kier molecular flexibility index (Phi) is 4.70. The van der Waals surface area contributed by atoms with Crippen LogP contribution in [0.3, 0.4) is 0 Å². The van der Waals surface area contributed by atoms with Gasteiger partial charge in [0.1, 0.15) is 0 Å². The van der Waals surface area contributed by atoms with Crippen molar-refractivity contribution in [1.29, 1.82) is 0 Å². The maximum Gasteiger partial charge on any atom is 0.261 e. The van der Waals surface area contributed by atoms with E-state index in [1.165, 1.54) is 4.90 Å². The Balaban J connectivity index is 1.59. The third kappa shape index (κ3) is 3.29. The smallest absolute Gasteiger partial charge is 0.261 e. The summed E-state index contributed by atoms with van der Waals surface area (Å²) in [4.78, 5) is 35.0. The summed E-state index contributed by atoms with van der Waals surface area (Å²) in [5.74, 6) is 0.271. The molecular weight excluding hydrogens is 358 g/mol. The summed E-state index contributed by atoms with van der Waals surface area (Å²) in [7, 11) is 1.87. The molecule has 0 saturated carbocycles. The molecule has 8 heteroatoms. The Hall–Kier alpha value is -3.39. The van der Waals surface area contributed by atoms with E-state index < -0.39 is 0 Å². The fraction of sp³-hybridized carbons (Fsp3) is 0.250. The van der Waals surface area contributed by atoms with E-state index in [4.69, 9.17) is 4.52 Å².